The van der Waals surface area contributed by atoms with Crippen LogP contribution in [0.5, 0.6) is 28.7 Å². The predicted molar refractivity (Wildman–Crippen MR) is 191 cm³/mol. The number of nitrogens with zero attached hydrogens (tertiary/aromatic N) is 2. The van der Waals surface area contributed by atoms with Crippen LogP contribution in [0, 0.1) is 0 Å². The summed E-state index contributed by atoms with van der Waals surface area (Å²) in [4.78, 5) is 44.9. The number of nitrogens with one attached hydrogen (secondary N) is 1. The van der Waals surface area contributed by atoms with Crippen LogP contribution in [-0.4, -0.2) is 62.8 Å². The smallest absolute Gasteiger partial charge is 0.412 e. The molecule has 0 saturated heterocycles. The number of benzene rings is 3. The molecule has 0 aliphatic rings. The third-order valence-electron chi connectivity index (χ3n) is 7.71. The summed E-state index contributed by atoms with van der Waals surface area (Å²) < 4.78 is 40.7. The van der Waals surface area contributed by atoms with E-state index in [9.17, 15) is 14.4 Å². The molecule has 3 aromatic carbocycles. The highest BCUT2D eigenvalue weighted by Gasteiger charge is 2.28. The minimum Gasteiger partial charge on any atom is -0.493 e. The van der Waals surface area contributed by atoms with Crippen LogP contribution in [0.25, 0.3) is 27.6 Å². The zero-order chi connectivity index (χ0) is 36.9. The fourth-order valence-electron chi connectivity index (χ4n) is 5.49. The Morgan fingerprint density at radius 2 is 1.37 bits per heavy atom. The molecule has 5 rings (SSSR count). The SMILES string of the molecule is COC(=O)c1c(-c2cc(OC)c(OC)c(OC)c2)c2cc(OCc3ccncc3)c(OC)cc2c(=O)n1-c1ccc(NC(=O)OC(C)(C)C)cc1. The summed E-state index contributed by atoms with van der Waals surface area (Å²) in [5.74, 6) is 0.767. The van der Waals surface area contributed by atoms with Gasteiger partial charge in [-0.15, -0.1) is 0 Å². The number of pyridine rings is 2. The van der Waals surface area contributed by atoms with Crippen molar-refractivity contribution in [2.24, 2.45) is 0 Å². The number of esters is 1. The molecule has 0 aliphatic carbocycles. The summed E-state index contributed by atoms with van der Waals surface area (Å²) in [5, 5.41) is 3.24. The lowest BCUT2D eigenvalue weighted by Gasteiger charge is -2.22. The monoisotopic (exact) mass is 697 g/mol. The molecule has 0 aliphatic heterocycles. The standard InChI is InChI=1S/C38H39N3O10/c1-38(2,3)51-37(44)40-24-9-11-25(12-10-24)41-33(36(43)49-8)32(23-17-30(46-5)34(48-7)31(18-23)47-6)26-19-29(28(45-4)20-27(26)35(41)42)50-21-22-13-15-39-16-14-22/h9-20H,21H2,1-8H3,(H,40,44). The molecular formula is C38H39N3O10. The minimum atomic E-state index is -0.802. The molecule has 266 valence electrons. The van der Waals surface area contributed by atoms with E-state index in [2.05, 4.69) is 10.3 Å². The second kappa shape index (κ2) is 15.1. The fourth-order valence-corrected chi connectivity index (χ4v) is 5.49. The number of fused-ring (bicyclic) bond motifs is 1. The van der Waals surface area contributed by atoms with Crippen molar-refractivity contribution in [3.63, 3.8) is 0 Å². The Labute approximate surface area is 294 Å². The van der Waals surface area contributed by atoms with Gasteiger partial charge in [0.15, 0.2) is 23.0 Å². The molecule has 0 saturated carbocycles. The fraction of sp³-hybridized carbons (Fsp3) is 0.263. The molecule has 1 amide bonds. The van der Waals surface area contributed by atoms with Crippen LogP contribution in [0.4, 0.5) is 10.5 Å². The second-order valence-corrected chi connectivity index (χ2v) is 12.1. The van der Waals surface area contributed by atoms with Gasteiger partial charge in [0.1, 0.15) is 17.9 Å². The van der Waals surface area contributed by atoms with Gasteiger partial charge in [0.2, 0.25) is 5.75 Å². The Morgan fingerprint density at radius 3 is 1.92 bits per heavy atom. The van der Waals surface area contributed by atoms with Gasteiger partial charge >= 0.3 is 12.1 Å². The minimum absolute atomic E-state index is 0.0950. The number of carbonyl (C=O) groups is 2. The third kappa shape index (κ3) is 7.67. The summed E-state index contributed by atoms with van der Waals surface area (Å²) in [7, 11) is 7.13. The molecule has 0 atom stereocenters. The topological polar surface area (TPSA) is 146 Å². The Morgan fingerprint density at radius 1 is 0.765 bits per heavy atom. The first-order valence-electron chi connectivity index (χ1n) is 15.7. The largest absolute Gasteiger partial charge is 0.493 e. The van der Waals surface area contributed by atoms with E-state index in [1.807, 2.05) is 12.1 Å². The van der Waals surface area contributed by atoms with Crippen molar-refractivity contribution in [1.29, 1.82) is 0 Å². The number of carbonyl (C=O) groups excluding carboxylic acids is 2. The number of ether oxygens (including phenoxy) is 7. The Kier molecular flexibility index (Phi) is 10.7. The van der Waals surface area contributed by atoms with E-state index in [-0.39, 0.29) is 17.7 Å². The maximum atomic E-state index is 14.6. The van der Waals surface area contributed by atoms with Crippen LogP contribution in [0.3, 0.4) is 0 Å². The Bertz CT molecular complexity index is 2100. The quantitative estimate of drug-likeness (QED) is 0.145. The van der Waals surface area contributed by atoms with Crippen LogP contribution in [-0.2, 0) is 16.1 Å². The summed E-state index contributed by atoms with van der Waals surface area (Å²) in [6, 6.07) is 16.6. The predicted octanol–water partition coefficient (Wildman–Crippen LogP) is 6.80. The molecule has 51 heavy (non-hydrogen) atoms. The molecule has 0 bridgehead atoms. The number of amides is 1. The summed E-state index contributed by atoms with van der Waals surface area (Å²) in [5.41, 5.74) is 0.974. The number of methoxy groups -OCH3 is 5. The van der Waals surface area contributed by atoms with Crippen molar-refractivity contribution in [3.8, 4) is 45.6 Å². The molecule has 0 spiro atoms. The molecule has 13 nitrogen and oxygen atoms in total. The number of hydrogen-bond donors (Lipinski definition) is 1. The number of hydrogen-bond acceptors (Lipinski definition) is 11. The van der Waals surface area contributed by atoms with Crippen molar-refractivity contribution >= 4 is 28.5 Å². The third-order valence-corrected chi connectivity index (χ3v) is 7.71. The van der Waals surface area contributed by atoms with Crippen LogP contribution in [0.15, 0.2) is 77.9 Å². The number of anilines is 1. The summed E-state index contributed by atoms with van der Waals surface area (Å²) in [6.45, 7) is 5.45. The highest BCUT2D eigenvalue weighted by molar-refractivity contribution is 6.08. The summed E-state index contributed by atoms with van der Waals surface area (Å²) in [6.07, 6.45) is 2.67. The van der Waals surface area contributed by atoms with Gasteiger partial charge < -0.3 is 33.2 Å². The molecule has 0 unspecified atom stereocenters. The van der Waals surface area contributed by atoms with Gasteiger partial charge in [-0.2, -0.15) is 0 Å². The van der Waals surface area contributed by atoms with E-state index in [1.54, 1.807) is 81.7 Å². The number of rotatable bonds is 11. The van der Waals surface area contributed by atoms with Gasteiger partial charge in [-0.05, 0) is 92.6 Å². The van der Waals surface area contributed by atoms with E-state index < -0.39 is 23.2 Å². The first kappa shape index (κ1) is 36.1. The molecule has 0 radical (unpaired) electrons. The molecule has 0 fully saturated rings. The molecule has 1 N–H and O–H groups in total. The Balaban J connectivity index is 1.82. The van der Waals surface area contributed by atoms with E-state index in [0.717, 1.165) is 5.56 Å². The molecule has 2 aromatic heterocycles. The molecular weight excluding hydrogens is 658 g/mol. The number of aromatic nitrogens is 2. The summed E-state index contributed by atoms with van der Waals surface area (Å²) >= 11 is 0. The van der Waals surface area contributed by atoms with Gasteiger partial charge in [0.05, 0.1) is 40.9 Å². The lowest BCUT2D eigenvalue weighted by atomic mass is 9.95. The lowest BCUT2D eigenvalue weighted by Crippen LogP contribution is -2.27. The van der Waals surface area contributed by atoms with E-state index in [4.69, 9.17) is 33.2 Å². The van der Waals surface area contributed by atoms with E-state index in [1.165, 1.54) is 40.1 Å². The van der Waals surface area contributed by atoms with E-state index >= 15 is 0 Å². The van der Waals surface area contributed by atoms with Crippen molar-refractivity contribution < 1.29 is 42.7 Å². The van der Waals surface area contributed by atoms with Gasteiger partial charge in [0, 0.05) is 34.7 Å². The zero-order valence-electron chi connectivity index (χ0n) is 29.6. The van der Waals surface area contributed by atoms with Gasteiger partial charge in [-0.25, -0.2) is 9.59 Å². The second-order valence-electron chi connectivity index (χ2n) is 12.1. The van der Waals surface area contributed by atoms with Gasteiger partial charge in [-0.3, -0.25) is 19.7 Å². The average molecular weight is 698 g/mol. The molecule has 13 heteroatoms. The van der Waals surface area contributed by atoms with Gasteiger partial charge in [0.25, 0.3) is 5.56 Å². The van der Waals surface area contributed by atoms with Crippen molar-refractivity contribution in [1.82, 2.24) is 9.55 Å². The first-order valence-corrected chi connectivity index (χ1v) is 15.7. The van der Waals surface area contributed by atoms with Crippen molar-refractivity contribution in [3.05, 3.63) is 94.7 Å². The Hall–Kier alpha value is -6.24. The maximum Gasteiger partial charge on any atom is 0.412 e. The highest BCUT2D eigenvalue weighted by Crippen LogP contribution is 2.45. The first-order chi connectivity index (χ1) is 24.4. The van der Waals surface area contributed by atoms with E-state index in [0.29, 0.717) is 56.6 Å². The maximum absolute atomic E-state index is 14.6. The van der Waals surface area contributed by atoms with Crippen molar-refractivity contribution in [2.45, 2.75) is 33.0 Å². The van der Waals surface area contributed by atoms with Crippen LogP contribution >= 0.6 is 0 Å². The van der Waals surface area contributed by atoms with Crippen molar-refractivity contribution in [2.75, 3.05) is 40.9 Å². The normalized spacial score (nSPS) is 11.1. The average Bonchev–Trinajstić information content (AvgIpc) is 3.12. The van der Waals surface area contributed by atoms with Crippen LogP contribution < -0.4 is 34.6 Å². The van der Waals surface area contributed by atoms with Crippen LogP contribution in [0.2, 0.25) is 0 Å². The molecule has 2 heterocycles. The zero-order valence-corrected chi connectivity index (χ0v) is 29.6. The highest BCUT2D eigenvalue weighted by atomic mass is 16.6. The molecule has 5 aromatic rings. The van der Waals surface area contributed by atoms with Crippen LogP contribution in [0.1, 0.15) is 36.8 Å². The lowest BCUT2D eigenvalue weighted by molar-refractivity contribution is 0.0589. The van der Waals surface area contributed by atoms with Gasteiger partial charge in [-0.1, -0.05) is 0 Å².